The fourth-order valence-electron chi connectivity index (χ4n) is 0.209. The van der Waals surface area contributed by atoms with E-state index in [2.05, 4.69) is 5.10 Å². The summed E-state index contributed by atoms with van der Waals surface area (Å²) >= 11 is 0. The maximum atomic E-state index is 8.39. The summed E-state index contributed by atoms with van der Waals surface area (Å²) < 4.78 is 0. The largest absolute Gasteiger partial charge is 0.368 e. The first kappa shape index (κ1) is 7.99. The van der Waals surface area contributed by atoms with Crippen LogP contribution in [0, 0.1) is 0 Å². The van der Waals surface area contributed by atoms with E-state index < -0.39 is 6.41 Å². The highest BCUT2D eigenvalue weighted by molar-refractivity contribution is 5.77. The van der Waals surface area contributed by atoms with Crippen LogP contribution >= 0.6 is 0 Å². The second-order valence-electron chi connectivity index (χ2n) is 1.44. The van der Waals surface area contributed by atoms with Crippen molar-refractivity contribution in [2.45, 2.75) is 6.41 Å². The minimum Gasteiger partial charge on any atom is -0.368 e. The third-order valence-electron chi connectivity index (χ3n) is 0.840. The van der Waals surface area contributed by atoms with Gasteiger partial charge in [-0.25, -0.2) is 0 Å². The standard InChI is InChI=1S/C3H10N4O2/c1-7(3(8)9)2(4)6-5/h3,8-9H,5H2,1H3,(H2,4,6). The molecule has 0 aromatic carbocycles. The van der Waals surface area contributed by atoms with E-state index in [0.29, 0.717) is 0 Å². The summed E-state index contributed by atoms with van der Waals surface area (Å²) in [7, 11) is 1.34. The zero-order valence-corrected chi connectivity index (χ0v) is 5.02. The summed E-state index contributed by atoms with van der Waals surface area (Å²) in [6, 6.07) is 0. The Morgan fingerprint density at radius 2 is 2.11 bits per heavy atom. The van der Waals surface area contributed by atoms with Gasteiger partial charge in [-0.05, 0) is 0 Å². The molecule has 9 heavy (non-hydrogen) atoms. The van der Waals surface area contributed by atoms with Crippen molar-refractivity contribution in [1.82, 2.24) is 4.90 Å². The second kappa shape index (κ2) is 3.10. The van der Waals surface area contributed by atoms with E-state index in [1.54, 1.807) is 0 Å². The van der Waals surface area contributed by atoms with E-state index in [4.69, 9.17) is 21.8 Å². The fourth-order valence-corrected chi connectivity index (χ4v) is 0.209. The highest BCUT2D eigenvalue weighted by Crippen LogP contribution is 1.83. The molecule has 0 aliphatic rings. The summed E-state index contributed by atoms with van der Waals surface area (Å²) in [5.74, 6) is 4.58. The smallest absolute Gasteiger partial charge is 0.237 e. The van der Waals surface area contributed by atoms with Crippen LogP contribution in [0.1, 0.15) is 0 Å². The van der Waals surface area contributed by atoms with Crippen LogP contribution in [-0.2, 0) is 0 Å². The van der Waals surface area contributed by atoms with Gasteiger partial charge in [-0.15, -0.1) is 5.10 Å². The van der Waals surface area contributed by atoms with Crippen molar-refractivity contribution in [3.63, 3.8) is 0 Å². The number of hydrogen-bond donors (Lipinski definition) is 4. The van der Waals surface area contributed by atoms with Gasteiger partial charge in [0.15, 0.2) is 0 Å². The summed E-state index contributed by atoms with van der Waals surface area (Å²) in [5.41, 5.74) is 5.05. The van der Waals surface area contributed by atoms with Gasteiger partial charge in [-0.3, -0.25) is 4.90 Å². The van der Waals surface area contributed by atoms with E-state index in [1.165, 1.54) is 7.05 Å². The highest BCUT2D eigenvalue weighted by Gasteiger charge is 2.07. The highest BCUT2D eigenvalue weighted by atomic mass is 16.5. The van der Waals surface area contributed by atoms with Gasteiger partial charge in [0.25, 0.3) is 0 Å². The lowest BCUT2D eigenvalue weighted by Gasteiger charge is -2.18. The summed E-state index contributed by atoms with van der Waals surface area (Å²) in [5, 5.41) is 19.8. The molecule has 0 aliphatic carbocycles. The lowest BCUT2D eigenvalue weighted by Crippen LogP contribution is -2.42. The second-order valence-corrected chi connectivity index (χ2v) is 1.44. The molecule has 6 N–H and O–H groups in total. The van der Waals surface area contributed by atoms with E-state index in [1.807, 2.05) is 0 Å². The van der Waals surface area contributed by atoms with Crippen LogP contribution in [0.2, 0.25) is 0 Å². The molecule has 54 valence electrons. The molecular formula is C3H10N4O2. The van der Waals surface area contributed by atoms with Crippen molar-refractivity contribution in [2.24, 2.45) is 16.7 Å². The molecule has 0 radical (unpaired) electrons. The molecule has 0 heterocycles. The van der Waals surface area contributed by atoms with Gasteiger partial charge in [-0.1, -0.05) is 0 Å². The fraction of sp³-hybridized carbons (Fsp3) is 0.667. The Kier molecular flexibility index (Phi) is 2.75. The van der Waals surface area contributed by atoms with E-state index in [-0.39, 0.29) is 5.96 Å². The van der Waals surface area contributed by atoms with Gasteiger partial charge in [0.2, 0.25) is 12.4 Å². The zero-order chi connectivity index (χ0) is 7.44. The molecule has 0 amide bonds. The molecule has 0 fully saturated rings. The first-order valence-electron chi connectivity index (χ1n) is 2.22. The van der Waals surface area contributed by atoms with Gasteiger partial charge in [0, 0.05) is 7.05 Å². The van der Waals surface area contributed by atoms with Crippen LogP contribution in [0.5, 0.6) is 0 Å². The monoisotopic (exact) mass is 134 g/mol. The molecule has 0 aliphatic heterocycles. The molecule has 6 nitrogen and oxygen atoms in total. The first-order valence-corrected chi connectivity index (χ1v) is 2.22. The maximum absolute atomic E-state index is 8.39. The normalized spacial score (nSPS) is 12.2. The third-order valence-corrected chi connectivity index (χ3v) is 0.840. The number of nitrogens with zero attached hydrogens (tertiary/aromatic N) is 2. The number of aliphatic hydroxyl groups excluding tert-OH is 1. The number of aliphatic hydroxyl groups is 2. The molecular weight excluding hydrogens is 124 g/mol. The Morgan fingerprint density at radius 3 is 2.22 bits per heavy atom. The van der Waals surface area contributed by atoms with Crippen LogP contribution in [0.3, 0.4) is 0 Å². The molecule has 0 rings (SSSR count). The lowest BCUT2D eigenvalue weighted by molar-refractivity contribution is -0.116. The van der Waals surface area contributed by atoms with Crippen molar-refractivity contribution >= 4 is 5.96 Å². The van der Waals surface area contributed by atoms with Crippen LogP contribution in [0.25, 0.3) is 0 Å². The van der Waals surface area contributed by atoms with Crippen molar-refractivity contribution in [2.75, 3.05) is 7.05 Å². The zero-order valence-electron chi connectivity index (χ0n) is 5.02. The van der Waals surface area contributed by atoms with Crippen molar-refractivity contribution in [3.8, 4) is 0 Å². The number of guanidine groups is 1. The number of hydrazone groups is 1. The van der Waals surface area contributed by atoms with Crippen LogP contribution in [-0.4, -0.2) is 34.5 Å². The van der Waals surface area contributed by atoms with Crippen molar-refractivity contribution < 1.29 is 10.2 Å². The molecule has 0 bridgehead atoms. The number of nitrogens with two attached hydrogens (primary N) is 2. The average Bonchev–Trinajstić information content (AvgIpc) is 1.84. The minimum absolute atomic E-state index is 0.134. The van der Waals surface area contributed by atoms with E-state index in [0.717, 1.165) is 4.90 Å². The van der Waals surface area contributed by atoms with Gasteiger partial charge >= 0.3 is 0 Å². The molecule has 6 heteroatoms. The van der Waals surface area contributed by atoms with Gasteiger partial charge in [0.05, 0.1) is 0 Å². The van der Waals surface area contributed by atoms with E-state index in [9.17, 15) is 0 Å². The maximum Gasteiger partial charge on any atom is 0.237 e. The molecule has 0 atom stereocenters. The minimum atomic E-state index is -1.66. The van der Waals surface area contributed by atoms with Crippen molar-refractivity contribution in [3.05, 3.63) is 0 Å². The number of hydrogen-bond acceptors (Lipinski definition) is 4. The Balaban J connectivity index is 3.88. The third kappa shape index (κ3) is 2.15. The first-order chi connectivity index (χ1) is 4.09. The van der Waals surface area contributed by atoms with Crippen LogP contribution < -0.4 is 11.6 Å². The average molecular weight is 134 g/mol. The van der Waals surface area contributed by atoms with Gasteiger partial charge < -0.3 is 21.8 Å². The van der Waals surface area contributed by atoms with Gasteiger partial charge in [0.1, 0.15) is 0 Å². The van der Waals surface area contributed by atoms with Gasteiger partial charge in [-0.2, -0.15) is 0 Å². The summed E-state index contributed by atoms with van der Waals surface area (Å²) in [6.07, 6.45) is -1.66. The molecule has 0 aromatic rings. The summed E-state index contributed by atoms with van der Waals surface area (Å²) in [6.45, 7) is 0. The van der Waals surface area contributed by atoms with E-state index >= 15 is 0 Å². The predicted octanol–water partition coefficient (Wildman–Crippen LogP) is -2.63. The van der Waals surface area contributed by atoms with Crippen molar-refractivity contribution in [1.29, 1.82) is 0 Å². The SMILES string of the molecule is CN(/C(N)=N/N)C(O)O. The Bertz CT molecular complexity index is 112. The molecule has 0 saturated carbocycles. The Morgan fingerprint density at radius 1 is 1.67 bits per heavy atom. The Hall–Kier alpha value is -1.01. The predicted molar refractivity (Wildman–Crippen MR) is 31.8 cm³/mol. The molecule has 0 aromatic heterocycles. The van der Waals surface area contributed by atoms with Crippen LogP contribution in [0.4, 0.5) is 0 Å². The topological polar surface area (TPSA) is 108 Å². The molecule has 0 spiro atoms. The quantitative estimate of drug-likeness (QED) is 0.103. The Labute approximate surface area is 52.4 Å². The molecule has 0 saturated heterocycles. The number of rotatable bonds is 1. The summed E-state index contributed by atoms with van der Waals surface area (Å²) in [4.78, 5) is 0.903. The lowest BCUT2D eigenvalue weighted by atomic mass is 10.8. The van der Waals surface area contributed by atoms with Crippen LogP contribution in [0.15, 0.2) is 5.10 Å². The molecule has 0 unspecified atom stereocenters.